The minimum atomic E-state index is -0.396. The van der Waals surface area contributed by atoms with Crippen molar-refractivity contribution in [3.8, 4) is 0 Å². The molecule has 0 radical (unpaired) electrons. The lowest BCUT2D eigenvalue weighted by atomic mass is 10.3. The summed E-state index contributed by atoms with van der Waals surface area (Å²) in [5.74, 6) is -0.133. The number of piperazine rings is 1. The molecule has 5 heteroatoms. The van der Waals surface area contributed by atoms with Crippen LogP contribution >= 0.6 is 12.6 Å². The predicted octanol–water partition coefficient (Wildman–Crippen LogP) is 0.163. The first-order valence-corrected chi connectivity index (χ1v) is 5.68. The first-order chi connectivity index (χ1) is 7.20. The van der Waals surface area contributed by atoms with E-state index in [2.05, 4.69) is 12.6 Å². The molecule has 0 atom stereocenters. The third-order valence-electron chi connectivity index (χ3n) is 2.38. The third-order valence-corrected chi connectivity index (χ3v) is 2.59. The highest BCUT2D eigenvalue weighted by Gasteiger charge is 2.30. The second-order valence-corrected chi connectivity index (χ2v) is 3.66. The van der Waals surface area contributed by atoms with Gasteiger partial charge in [-0.15, -0.1) is 0 Å². The summed E-state index contributed by atoms with van der Waals surface area (Å²) < 4.78 is 0. The van der Waals surface area contributed by atoms with Crippen LogP contribution in [0.1, 0.15) is 6.92 Å². The monoisotopic (exact) mass is 228 g/mol. The lowest BCUT2D eigenvalue weighted by Crippen LogP contribution is -2.54. The molecule has 2 amide bonds. The maximum Gasteiger partial charge on any atom is 0.312 e. The molecule has 0 aromatic carbocycles. The summed E-state index contributed by atoms with van der Waals surface area (Å²) >= 11 is 4.02. The van der Waals surface area contributed by atoms with Gasteiger partial charge in [-0.25, -0.2) is 0 Å². The molecule has 0 saturated carbocycles. The number of nitrogens with zero attached hydrogens (tertiary/aromatic N) is 2. The number of rotatable bonds is 4. The van der Waals surface area contributed by atoms with Crippen LogP contribution in [0.3, 0.4) is 0 Å². The van der Waals surface area contributed by atoms with Crippen LogP contribution in [0.4, 0.5) is 0 Å². The molecule has 4 nitrogen and oxygen atoms in total. The summed E-state index contributed by atoms with van der Waals surface area (Å²) in [7, 11) is 0. The fraction of sp³-hybridized carbons (Fsp3) is 0.600. The lowest BCUT2D eigenvalue weighted by molar-refractivity contribution is -0.155. The van der Waals surface area contributed by atoms with Gasteiger partial charge in [-0.2, -0.15) is 12.6 Å². The first-order valence-electron chi connectivity index (χ1n) is 5.04. The SMILES string of the molecule is CCN1CCN(CC=CCS)C(=O)C1=O. The summed E-state index contributed by atoms with van der Waals surface area (Å²) in [6.07, 6.45) is 3.73. The van der Waals surface area contributed by atoms with E-state index in [4.69, 9.17) is 0 Å². The molecule has 1 fully saturated rings. The molecular weight excluding hydrogens is 212 g/mol. The Morgan fingerprint density at radius 3 is 2.40 bits per heavy atom. The van der Waals surface area contributed by atoms with Crippen LogP contribution in [0, 0.1) is 0 Å². The van der Waals surface area contributed by atoms with Crippen molar-refractivity contribution in [1.82, 2.24) is 9.80 Å². The Morgan fingerprint density at radius 2 is 1.80 bits per heavy atom. The van der Waals surface area contributed by atoms with E-state index in [-0.39, 0.29) is 5.91 Å². The first kappa shape index (κ1) is 12.1. The van der Waals surface area contributed by atoms with Crippen LogP contribution in [0.25, 0.3) is 0 Å². The maximum absolute atomic E-state index is 11.6. The number of hydrogen-bond acceptors (Lipinski definition) is 3. The Balaban J connectivity index is 2.53. The van der Waals surface area contributed by atoms with Crippen LogP contribution in [-0.4, -0.2) is 53.5 Å². The van der Waals surface area contributed by atoms with E-state index >= 15 is 0 Å². The topological polar surface area (TPSA) is 40.6 Å². The Labute approximate surface area is 95.3 Å². The van der Waals surface area contributed by atoms with Crippen molar-refractivity contribution < 1.29 is 9.59 Å². The largest absolute Gasteiger partial charge is 0.333 e. The molecule has 1 rings (SSSR count). The van der Waals surface area contributed by atoms with Gasteiger partial charge in [-0.05, 0) is 6.92 Å². The predicted molar refractivity (Wildman–Crippen MR) is 61.8 cm³/mol. The van der Waals surface area contributed by atoms with Gasteiger partial charge in [0.15, 0.2) is 0 Å². The number of hydrogen-bond donors (Lipinski definition) is 1. The highest BCUT2D eigenvalue weighted by molar-refractivity contribution is 7.80. The molecule has 0 unspecified atom stereocenters. The van der Waals surface area contributed by atoms with E-state index in [1.807, 2.05) is 19.1 Å². The highest BCUT2D eigenvalue weighted by Crippen LogP contribution is 2.04. The van der Waals surface area contributed by atoms with Crippen molar-refractivity contribution in [2.45, 2.75) is 6.92 Å². The zero-order valence-corrected chi connectivity index (χ0v) is 9.74. The average Bonchev–Trinajstić information content (AvgIpc) is 2.25. The number of carbonyl (C=O) groups excluding carboxylic acids is 2. The van der Waals surface area contributed by atoms with Gasteiger partial charge in [-0.1, -0.05) is 12.2 Å². The fourth-order valence-corrected chi connectivity index (χ4v) is 1.62. The van der Waals surface area contributed by atoms with Crippen LogP contribution in [0.2, 0.25) is 0 Å². The van der Waals surface area contributed by atoms with Gasteiger partial charge in [0.05, 0.1) is 0 Å². The van der Waals surface area contributed by atoms with Crippen molar-refractivity contribution in [3.05, 3.63) is 12.2 Å². The number of amides is 2. The second-order valence-electron chi connectivity index (χ2n) is 3.29. The molecule has 84 valence electrons. The van der Waals surface area contributed by atoms with Gasteiger partial charge in [0.1, 0.15) is 0 Å². The van der Waals surface area contributed by atoms with Gasteiger partial charge in [0, 0.05) is 31.9 Å². The minimum Gasteiger partial charge on any atom is -0.333 e. The van der Waals surface area contributed by atoms with Crippen LogP contribution in [0.15, 0.2) is 12.2 Å². The Morgan fingerprint density at radius 1 is 1.20 bits per heavy atom. The van der Waals surface area contributed by atoms with Gasteiger partial charge in [0.25, 0.3) is 0 Å². The molecular formula is C10H16N2O2S. The van der Waals surface area contributed by atoms with Gasteiger partial charge in [0.2, 0.25) is 0 Å². The van der Waals surface area contributed by atoms with Crippen LogP contribution < -0.4 is 0 Å². The standard InChI is InChI=1S/C10H16N2O2S/c1-2-11-6-7-12(5-3-4-8-15)10(14)9(11)13/h3-4,15H,2,5-8H2,1H3. The normalized spacial score (nSPS) is 18.0. The lowest BCUT2D eigenvalue weighted by Gasteiger charge is -2.32. The molecule has 1 saturated heterocycles. The van der Waals surface area contributed by atoms with E-state index < -0.39 is 5.91 Å². The number of carbonyl (C=O) groups is 2. The zero-order valence-electron chi connectivity index (χ0n) is 8.85. The van der Waals surface area contributed by atoms with Gasteiger partial charge in [-0.3, -0.25) is 9.59 Å². The molecule has 0 aliphatic carbocycles. The Kier molecular flexibility index (Phi) is 4.68. The molecule has 15 heavy (non-hydrogen) atoms. The molecule has 1 heterocycles. The quantitative estimate of drug-likeness (QED) is 0.423. The molecule has 0 aromatic rings. The summed E-state index contributed by atoms with van der Waals surface area (Å²) in [5.41, 5.74) is 0. The van der Waals surface area contributed by atoms with E-state index in [9.17, 15) is 9.59 Å². The van der Waals surface area contributed by atoms with Crippen molar-refractivity contribution >= 4 is 24.4 Å². The highest BCUT2D eigenvalue weighted by atomic mass is 32.1. The Hall–Kier alpha value is -0.970. The molecule has 0 aromatic heterocycles. The van der Waals surface area contributed by atoms with Crippen molar-refractivity contribution in [2.75, 3.05) is 31.9 Å². The third kappa shape index (κ3) is 2.99. The summed E-state index contributed by atoms with van der Waals surface area (Å²) in [4.78, 5) is 26.2. The minimum absolute atomic E-state index is 0.386. The van der Waals surface area contributed by atoms with Crippen molar-refractivity contribution in [3.63, 3.8) is 0 Å². The Bertz CT molecular complexity index is 279. The zero-order chi connectivity index (χ0) is 11.3. The maximum atomic E-state index is 11.6. The van der Waals surface area contributed by atoms with E-state index in [0.717, 1.165) is 0 Å². The summed E-state index contributed by atoms with van der Waals surface area (Å²) in [5, 5.41) is 0. The van der Waals surface area contributed by atoms with Gasteiger partial charge >= 0.3 is 11.8 Å². The van der Waals surface area contributed by atoms with Gasteiger partial charge < -0.3 is 9.80 Å². The van der Waals surface area contributed by atoms with Crippen LogP contribution in [-0.2, 0) is 9.59 Å². The van der Waals surface area contributed by atoms with Crippen molar-refractivity contribution in [2.24, 2.45) is 0 Å². The fourth-order valence-electron chi connectivity index (χ4n) is 1.47. The molecule has 0 N–H and O–H groups in total. The molecule has 1 aliphatic rings. The molecule has 1 aliphatic heterocycles. The van der Waals surface area contributed by atoms with Crippen LogP contribution in [0.5, 0.6) is 0 Å². The summed E-state index contributed by atoms with van der Waals surface area (Å²) in [6.45, 7) is 4.24. The average molecular weight is 228 g/mol. The second kappa shape index (κ2) is 5.80. The molecule has 0 spiro atoms. The van der Waals surface area contributed by atoms with E-state index in [1.54, 1.807) is 9.80 Å². The van der Waals surface area contributed by atoms with Crippen molar-refractivity contribution in [1.29, 1.82) is 0 Å². The van der Waals surface area contributed by atoms with E-state index in [0.29, 0.717) is 31.9 Å². The molecule has 0 bridgehead atoms. The number of thiol groups is 1. The number of likely N-dealkylation sites (N-methyl/N-ethyl adjacent to an activating group) is 1. The van der Waals surface area contributed by atoms with E-state index in [1.165, 1.54) is 0 Å². The summed E-state index contributed by atoms with van der Waals surface area (Å²) in [6, 6.07) is 0. The smallest absolute Gasteiger partial charge is 0.312 e.